The standard InChI is InChI=1S/C14H18BrNO/c15-13-3-1-11(2-4-13)14-9-12(14)10-16-5-7-17-8-6-16/h1-4,12,14H,5-10H2/t12-,14+/m1/s1. The first-order valence-electron chi connectivity index (χ1n) is 6.38. The normalized spacial score (nSPS) is 29.2. The van der Waals surface area contributed by atoms with Gasteiger partial charge in [0.25, 0.3) is 0 Å². The molecule has 1 aromatic rings. The minimum atomic E-state index is 0.797. The van der Waals surface area contributed by atoms with Crippen LogP contribution >= 0.6 is 15.9 Å². The van der Waals surface area contributed by atoms with Crippen LogP contribution in [0, 0.1) is 5.92 Å². The second-order valence-electron chi connectivity index (χ2n) is 5.07. The van der Waals surface area contributed by atoms with E-state index in [2.05, 4.69) is 45.1 Å². The van der Waals surface area contributed by atoms with E-state index >= 15 is 0 Å². The number of morpholine rings is 1. The topological polar surface area (TPSA) is 12.5 Å². The summed E-state index contributed by atoms with van der Waals surface area (Å²) in [6, 6.07) is 8.82. The highest BCUT2D eigenvalue weighted by Gasteiger charge is 2.39. The molecule has 0 aromatic heterocycles. The molecule has 1 saturated carbocycles. The fourth-order valence-corrected chi connectivity index (χ4v) is 2.95. The Morgan fingerprint density at radius 1 is 1.18 bits per heavy atom. The van der Waals surface area contributed by atoms with Crippen molar-refractivity contribution in [2.24, 2.45) is 5.92 Å². The Morgan fingerprint density at radius 3 is 2.59 bits per heavy atom. The molecule has 0 amide bonds. The second-order valence-corrected chi connectivity index (χ2v) is 5.98. The van der Waals surface area contributed by atoms with Gasteiger partial charge in [-0.05, 0) is 36.0 Å². The Morgan fingerprint density at radius 2 is 1.88 bits per heavy atom. The van der Waals surface area contributed by atoms with E-state index in [4.69, 9.17) is 4.74 Å². The summed E-state index contributed by atoms with van der Waals surface area (Å²) in [5.41, 5.74) is 1.51. The molecule has 2 aliphatic rings. The number of benzene rings is 1. The van der Waals surface area contributed by atoms with Gasteiger partial charge in [0.1, 0.15) is 0 Å². The Hall–Kier alpha value is -0.380. The maximum absolute atomic E-state index is 5.38. The Labute approximate surface area is 111 Å². The Bertz CT molecular complexity index is 372. The predicted octanol–water partition coefficient (Wildman–Crippen LogP) is 2.88. The molecule has 2 nitrogen and oxygen atoms in total. The van der Waals surface area contributed by atoms with Gasteiger partial charge < -0.3 is 4.74 Å². The molecular formula is C14H18BrNO. The van der Waals surface area contributed by atoms with Gasteiger partial charge in [0.05, 0.1) is 13.2 Å². The first-order valence-corrected chi connectivity index (χ1v) is 7.18. The van der Waals surface area contributed by atoms with Crippen molar-refractivity contribution in [2.75, 3.05) is 32.8 Å². The number of halogens is 1. The van der Waals surface area contributed by atoms with Crippen molar-refractivity contribution in [3.05, 3.63) is 34.3 Å². The molecule has 17 heavy (non-hydrogen) atoms. The van der Waals surface area contributed by atoms with E-state index in [0.29, 0.717) is 0 Å². The monoisotopic (exact) mass is 295 g/mol. The molecule has 92 valence electrons. The molecular weight excluding hydrogens is 278 g/mol. The van der Waals surface area contributed by atoms with E-state index in [1.807, 2.05) is 0 Å². The minimum Gasteiger partial charge on any atom is -0.379 e. The summed E-state index contributed by atoms with van der Waals surface area (Å²) in [5.74, 6) is 1.67. The smallest absolute Gasteiger partial charge is 0.0594 e. The summed E-state index contributed by atoms with van der Waals surface area (Å²) in [5, 5.41) is 0. The molecule has 3 heteroatoms. The van der Waals surface area contributed by atoms with Crippen LogP contribution < -0.4 is 0 Å². The average molecular weight is 296 g/mol. The van der Waals surface area contributed by atoms with Gasteiger partial charge in [-0.15, -0.1) is 0 Å². The first-order chi connectivity index (χ1) is 8.33. The minimum absolute atomic E-state index is 0.797. The maximum atomic E-state index is 5.38. The fraction of sp³-hybridized carbons (Fsp3) is 0.571. The highest BCUT2D eigenvalue weighted by Crippen LogP contribution is 2.47. The zero-order chi connectivity index (χ0) is 11.7. The van der Waals surface area contributed by atoms with Gasteiger partial charge >= 0.3 is 0 Å². The van der Waals surface area contributed by atoms with Crippen LogP contribution in [0.1, 0.15) is 17.9 Å². The lowest BCUT2D eigenvalue weighted by atomic mass is 10.1. The third-order valence-corrected chi connectivity index (χ3v) is 4.35. The lowest BCUT2D eigenvalue weighted by Crippen LogP contribution is -2.37. The van der Waals surface area contributed by atoms with E-state index in [1.165, 1.54) is 23.0 Å². The molecule has 1 aromatic carbocycles. The molecule has 0 spiro atoms. The molecule has 1 aliphatic heterocycles. The van der Waals surface area contributed by atoms with Crippen molar-refractivity contribution in [1.82, 2.24) is 4.90 Å². The number of rotatable bonds is 3. The van der Waals surface area contributed by atoms with Crippen molar-refractivity contribution >= 4 is 15.9 Å². The van der Waals surface area contributed by atoms with Gasteiger partial charge in [0.15, 0.2) is 0 Å². The van der Waals surface area contributed by atoms with E-state index < -0.39 is 0 Å². The zero-order valence-electron chi connectivity index (χ0n) is 9.94. The zero-order valence-corrected chi connectivity index (χ0v) is 11.5. The molecule has 0 N–H and O–H groups in total. The quantitative estimate of drug-likeness (QED) is 0.850. The van der Waals surface area contributed by atoms with Crippen molar-refractivity contribution in [3.63, 3.8) is 0 Å². The van der Waals surface area contributed by atoms with E-state index in [1.54, 1.807) is 0 Å². The van der Waals surface area contributed by atoms with Gasteiger partial charge in [-0.1, -0.05) is 28.1 Å². The van der Waals surface area contributed by atoms with Crippen molar-refractivity contribution in [1.29, 1.82) is 0 Å². The van der Waals surface area contributed by atoms with Crippen LogP contribution in [0.5, 0.6) is 0 Å². The van der Waals surface area contributed by atoms with E-state index in [0.717, 1.165) is 38.1 Å². The second kappa shape index (κ2) is 5.09. The molecule has 2 fully saturated rings. The largest absolute Gasteiger partial charge is 0.379 e. The molecule has 3 rings (SSSR count). The highest BCUT2D eigenvalue weighted by atomic mass is 79.9. The van der Waals surface area contributed by atoms with Crippen LogP contribution in [-0.2, 0) is 4.74 Å². The van der Waals surface area contributed by atoms with Crippen LogP contribution in [0.3, 0.4) is 0 Å². The van der Waals surface area contributed by atoms with Crippen LogP contribution in [0.2, 0.25) is 0 Å². The summed E-state index contributed by atoms with van der Waals surface area (Å²) >= 11 is 3.49. The van der Waals surface area contributed by atoms with Gasteiger partial charge in [-0.2, -0.15) is 0 Å². The van der Waals surface area contributed by atoms with E-state index in [-0.39, 0.29) is 0 Å². The van der Waals surface area contributed by atoms with Gasteiger partial charge in [0, 0.05) is 24.1 Å². The van der Waals surface area contributed by atoms with Crippen molar-refractivity contribution in [2.45, 2.75) is 12.3 Å². The molecule has 1 saturated heterocycles. The summed E-state index contributed by atoms with van der Waals surface area (Å²) in [6.45, 7) is 5.31. The average Bonchev–Trinajstić information content (AvgIpc) is 3.11. The number of hydrogen-bond acceptors (Lipinski definition) is 2. The van der Waals surface area contributed by atoms with Crippen LogP contribution in [-0.4, -0.2) is 37.7 Å². The lowest BCUT2D eigenvalue weighted by molar-refractivity contribution is 0.0355. The van der Waals surface area contributed by atoms with Gasteiger partial charge in [-0.3, -0.25) is 4.90 Å². The van der Waals surface area contributed by atoms with Crippen molar-refractivity contribution in [3.8, 4) is 0 Å². The molecule has 0 radical (unpaired) electrons. The summed E-state index contributed by atoms with van der Waals surface area (Å²) in [7, 11) is 0. The predicted molar refractivity (Wildman–Crippen MR) is 72.2 cm³/mol. The molecule has 0 unspecified atom stereocenters. The summed E-state index contributed by atoms with van der Waals surface area (Å²) in [6.07, 6.45) is 1.36. The number of hydrogen-bond donors (Lipinski definition) is 0. The molecule has 1 aliphatic carbocycles. The number of ether oxygens (including phenoxy) is 1. The highest BCUT2D eigenvalue weighted by molar-refractivity contribution is 9.10. The van der Waals surface area contributed by atoms with Crippen LogP contribution in [0.25, 0.3) is 0 Å². The third-order valence-electron chi connectivity index (χ3n) is 3.82. The maximum Gasteiger partial charge on any atom is 0.0594 e. The summed E-state index contributed by atoms with van der Waals surface area (Å²) < 4.78 is 6.55. The first kappa shape index (κ1) is 11.7. The Balaban J connectivity index is 1.53. The summed E-state index contributed by atoms with van der Waals surface area (Å²) in [4.78, 5) is 2.55. The molecule has 1 heterocycles. The molecule has 0 bridgehead atoms. The van der Waals surface area contributed by atoms with Crippen LogP contribution in [0.15, 0.2) is 28.7 Å². The number of nitrogens with zero attached hydrogens (tertiary/aromatic N) is 1. The lowest BCUT2D eigenvalue weighted by Gasteiger charge is -2.26. The Kier molecular flexibility index (Phi) is 3.50. The van der Waals surface area contributed by atoms with Gasteiger partial charge in [0.2, 0.25) is 0 Å². The van der Waals surface area contributed by atoms with Crippen LogP contribution in [0.4, 0.5) is 0 Å². The van der Waals surface area contributed by atoms with E-state index in [9.17, 15) is 0 Å². The molecule has 2 atom stereocenters. The van der Waals surface area contributed by atoms with Crippen molar-refractivity contribution < 1.29 is 4.74 Å². The van der Waals surface area contributed by atoms with Gasteiger partial charge in [-0.25, -0.2) is 0 Å². The SMILES string of the molecule is Brc1ccc([C@@H]2C[C@@H]2CN2CCOCC2)cc1. The third kappa shape index (κ3) is 2.90. The fourth-order valence-electron chi connectivity index (χ4n) is 2.68.